The second-order valence-corrected chi connectivity index (χ2v) is 5.44. The third-order valence-electron chi connectivity index (χ3n) is 4.29. The number of fused-ring (bicyclic) bond motifs is 3. The van der Waals surface area contributed by atoms with Crippen LogP contribution < -0.4 is 9.47 Å². The quantitative estimate of drug-likeness (QED) is 0.851. The zero-order valence-electron chi connectivity index (χ0n) is 12.5. The minimum Gasteiger partial charge on any atom is -0.493 e. The first kappa shape index (κ1) is 13.1. The van der Waals surface area contributed by atoms with Gasteiger partial charge in [0, 0.05) is 5.56 Å². The highest BCUT2D eigenvalue weighted by atomic mass is 16.5. The van der Waals surface area contributed by atoms with Crippen LogP contribution in [0.4, 0.5) is 0 Å². The molecule has 1 heterocycles. The predicted molar refractivity (Wildman–Crippen MR) is 84.2 cm³/mol. The van der Waals surface area contributed by atoms with Gasteiger partial charge in [-0.2, -0.15) is 10.2 Å². The fraction of sp³-hybridized carbons (Fsp3) is 0.222. The van der Waals surface area contributed by atoms with Crippen molar-refractivity contribution in [3.8, 4) is 11.5 Å². The first-order chi connectivity index (χ1) is 10.8. The maximum Gasteiger partial charge on any atom is 0.161 e. The summed E-state index contributed by atoms with van der Waals surface area (Å²) in [7, 11) is 3.28. The summed E-state index contributed by atoms with van der Waals surface area (Å²) in [6.45, 7) is 0. The van der Waals surface area contributed by atoms with Crippen LogP contribution in [0.3, 0.4) is 0 Å². The molecule has 0 radical (unpaired) electrons. The Morgan fingerprint density at radius 3 is 2.64 bits per heavy atom. The highest BCUT2D eigenvalue weighted by Gasteiger charge is 2.33. The van der Waals surface area contributed by atoms with Gasteiger partial charge >= 0.3 is 0 Å². The summed E-state index contributed by atoms with van der Waals surface area (Å²) >= 11 is 0. The maximum absolute atomic E-state index is 5.39. The van der Waals surface area contributed by atoms with E-state index in [0.717, 1.165) is 23.4 Å². The fourth-order valence-corrected chi connectivity index (χ4v) is 3.20. The van der Waals surface area contributed by atoms with Crippen molar-refractivity contribution >= 4 is 5.70 Å². The molecule has 110 valence electrons. The maximum atomic E-state index is 5.39. The van der Waals surface area contributed by atoms with Crippen molar-refractivity contribution in [2.45, 2.75) is 12.5 Å². The van der Waals surface area contributed by atoms with Gasteiger partial charge in [0.1, 0.15) is 6.04 Å². The Morgan fingerprint density at radius 2 is 1.82 bits per heavy atom. The second-order valence-electron chi connectivity index (χ2n) is 5.44. The van der Waals surface area contributed by atoms with Crippen LogP contribution in [-0.4, -0.2) is 14.2 Å². The van der Waals surface area contributed by atoms with Crippen molar-refractivity contribution in [2.75, 3.05) is 14.2 Å². The largest absolute Gasteiger partial charge is 0.493 e. The van der Waals surface area contributed by atoms with Crippen LogP contribution in [0.1, 0.15) is 22.7 Å². The molecule has 0 N–H and O–H groups in total. The number of methoxy groups -OCH3 is 2. The lowest BCUT2D eigenvalue weighted by molar-refractivity contribution is 0.355. The summed E-state index contributed by atoms with van der Waals surface area (Å²) in [4.78, 5) is 0. The summed E-state index contributed by atoms with van der Waals surface area (Å²) in [6.07, 6.45) is 0.914. The molecule has 2 aromatic carbocycles. The van der Waals surface area contributed by atoms with Gasteiger partial charge in [-0.05, 0) is 41.3 Å². The van der Waals surface area contributed by atoms with Crippen LogP contribution in [0.15, 0.2) is 58.3 Å². The van der Waals surface area contributed by atoms with Crippen molar-refractivity contribution in [3.05, 3.63) is 64.7 Å². The first-order valence-corrected chi connectivity index (χ1v) is 7.26. The Kier molecular flexibility index (Phi) is 2.96. The summed E-state index contributed by atoms with van der Waals surface area (Å²) in [5.41, 5.74) is 5.87. The molecule has 0 aromatic heterocycles. The smallest absolute Gasteiger partial charge is 0.161 e. The van der Waals surface area contributed by atoms with E-state index in [1.54, 1.807) is 14.2 Å². The minimum absolute atomic E-state index is 0.0827. The predicted octanol–water partition coefficient (Wildman–Crippen LogP) is 4.18. The summed E-state index contributed by atoms with van der Waals surface area (Å²) in [5, 5.41) is 8.90. The molecule has 1 aliphatic heterocycles. The molecular weight excluding hydrogens is 276 g/mol. The molecule has 2 aromatic rings. The molecule has 0 fully saturated rings. The van der Waals surface area contributed by atoms with Gasteiger partial charge in [-0.25, -0.2) is 0 Å². The number of benzene rings is 2. The Bertz CT molecular complexity index is 808. The van der Waals surface area contributed by atoms with Crippen LogP contribution in [0, 0.1) is 0 Å². The SMILES string of the molecule is COc1ccc(C2=C3Cc4ccccc4C3N=N2)cc1OC. The Balaban J connectivity index is 1.79. The molecule has 4 heteroatoms. The molecule has 2 aliphatic rings. The zero-order chi connectivity index (χ0) is 15.1. The molecule has 1 aliphatic carbocycles. The average molecular weight is 292 g/mol. The van der Waals surface area contributed by atoms with Crippen molar-refractivity contribution in [3.63, 3.8) is 0 Å². The lowest BCUT2D eigenvalue weighted by Gasteiger charge is -2.09. The number of ether oxygens (including phenoxy) is 2. The van der Waals surface area contributed by atoms with Crippen molar-refractivity contribution < 1.29 is 9.47 Å². The van der Waals surface area contributed by atoms with E-state index in [-0.39, 0.29) is 6.04 Å². The second kappa shape index (κ2) is 4.98. The molecule has 1 unspecified atom stereocenters. The summed E-state index contributed by atoms with van der Waals surface area (Å²) < 4.78 is 10.7. The van der Waals surface area contributed by atoms with Crippen LogP contribution in [-0.2, 0) is 6.42 Å². The van der Waals surface area contributed by atoms with Crippen LogP contribution >= 0.6 is 0 Å². The van der Waals surface area contributed by atoms with Gasteiger partial charge in [-0.15, -0.1) is 0 Å². The molecule has 0 saturated heterocycles. The molecule has 0 bridgehead atoms. The van der Waals surface area contributed by atoms with Crippen LogP contribution in [0.2, 0.25) is 0 Å². The van der Waals surface area contributed by atoms with Crippen molar-refractivity contribution in [1.82, 2.24) is 0 Å². The molecular formula is C18H16N2O2. The number of nitrogens with zero attached hydrogens (tertiary/aromatic N) is 2. The van der Waals surface area contributed by atoms with Crippen molar-refractivity contribution in [2.24, 2.45) is 10.2 Å². The lowest BCUT2D eigenvalue weighted by Crippen LogP contribution is -1.93. The van der Waals surface area contributed by atoms with E-state index in [9.17, 15) is 0 Å². The molecule has 0 spiro atoms. The zero-order valence-corrected chi connectivity index (χ0v) is 12.5. The van der Waals surface area contributed by atoms with E-state index in [4.69, 9.17) is 9.47 Å². The molecule has 1 atom stereocenters. The Morgan fingerprint density at radius 1 is 1.00 bits per heavy atom. The Hall–Kier alpha value is -2.62. The number of rotatable bonds is 3. The number of hydrogen-bond donors (Lipinski definition) is 0. The number of azo groups is 1. The molecule has 4 nitrogen and oxygen atoms in total. The molecule has 0 amide bonds. The van der Waals surface area contributed by atoms with E-state index >= 15 is 0 Å². The van der Waals surface area contributed by atoms with E-state index in [0.29, 0.717) is 5.75 Å². The Labute approximate surface area is 129 Å². The van der Waals surface area contributed by atoms with Crippen LogP contribution in [0.25, 0.3) is 5.70 Å². The van der Waals surface area contributed by atoms with Gasteiger partial charge in [0.2, 0.25) is 0 Å². The molecule has 0 saturated carbocycles. The minimum atomic E-state index is 0.0827. The standard InChI is InChI=1S/C18H16N2O2/c1-21-15-8-7-12(10-16(15)22-2)17-14-9-11-5-3-4-6-13(11)18(14)20-19-17/h3-8,10,18H,9H2,1-2H3. The van der Waals surface area contributed by atoms with Gasteiger partial charge in [0.25, 0.3) is 0 Å². The third kappa shape index (κ3) is 1.84. The van der Waals surface area contributed by atoms with Gasteiger partial charge in [-0.1, -0.05) is 24.3 Å². The van der Waals surface area contributed by atoms with E-state index in [2.05, 4.69) is 34.5 Å². The summed E-state index contributed by atoms with van der Waals surface area (Å²) in [6, 6.07) is 14.4. The highest BCUT2D eigenvalue weighted by Crippen LogP contribution is 2.47. The molecule has 22 heavy (non-hydrogen) atoms. The van der Waals surface area contributed by atoms with Crippen molar-refractivity contribution in [1.29, 1.82) is 0 Å². The van der Waals surface area contributed by atoms with E-state index in [1.807, 2.05) is 18.2 Å². The normalized spacial score (nSPS) is 18.4. The van der Waals surface area contributed by atoms with Gasteiger partial charge in [0.15, 0.2) is 11.5 Å². The molecule has 4 rings (SSSR count). The van der Waals surface area contributed by atoms with E-state index < -0.39 is 0 Å². The fourth-order valence-electron chi connectivity index (χ4n) is 3.20. The monoisotopic (exact) mass is 292 g/mol. The number of hydrogen-bond acceptors (Lipinski definition) is 4. The first-order valence-electron chi connectivity index (χ1n) is 7.26. The summed E-state index contributed by atoms with van der Waals surface area (Å²) in [5.74, 6) is 1.43. The van der Waals surface area contributed by atoms with Gasteiger partial charge in [0.05, 0.1) is 19.9 Å². The van der Waals surface area contributed by atoms with E-state index in [1.165, 1.54) is 16.7 Å². The van der Waals surface area contributed by atoms with Gasteiger partial charge < -0.3 is 9.47 Å². The lowest BCUT2D eigenvalue weighted by atomic mass is 10.0. The van der Waals surface area contributed by atoms with Gasteiger partial charge in [-0.3, -0.25) is 0 Å². The highest BCUT2D eigenvalue weighted by molar-refractivity contribution is 5.74. The third-order valence-corrected chi connectivity index (χ3v) is 4.29. The topological polar surface area (TPSA) is 43.2 Å². The van der Waals surface area contributed by atoms with Crippen LogP contribution in [0.5, 0.6) is 11.5 Å². The average Bonchev–Trinajstić information content (AvgIpc) is 3.13.